The number of nitrogens with one attached hydrogen (secondary N) is 1. The number of halogens is 1. The Balaban J connectivity index is 1.45. The van der Waals surface area contributed by atoms with Gasteiger partial charge >= 0.3 is 12.1 Å². The zero-order valence-electron chi connectivity index (χ0n) is 14.2. The third-order valence-electron chi connectivity index (χ3n) is 4.15. The van der Waals surface area contributed by atoms with Gasteiger partial charge in [0.2, 0.25) is 0 Å². The van der Waals surface area contributed by atoms with Crippen LogP contribution in [0.25, 0.3) is 0 Å². The van der Waals surface area contributed by atoms with E-state index < -0.39 is 11.9 Å². The number of amides is 3. The number of ether oxygens (including phenoxy) is 1. The number of carbonyl (C=O) groups excluding carboxylic acids is 2. The van der Waals surface area contributed by atoms with Gasteiger partial charge in [-0.1, -0.05) is 42.5 Å². The van der Waals surface area contributed by atoms with Gasteiger partial charge in [-0.15, -0.1) is 0 Å². The molecule has 7 heteroatoms. The second kappa shape index (κ2) is 8.33. The number of hydrogen-bond acceptors (Lipinski definition) is 3. The molecule has 0 aliphatic carbocycles. The van der Waals surface area contributed by atoms with E-state index in [0.29, 0.717) is 26.2 Å². The lowest BCUT2D eigenvalue weighted by atomic mass is 10.2. The van der Waals surface area contributed by atoms with Crippen molar-refractivity contribution < 1.29 is 18.7 Å². The monoisotopic (exact) mass is 357 g/mol. The van der Waals surface area contributed by atoms with Crippen molar-refractivity contribution >= 4 is 17.8 Å². The van der Waals surface area contributed by atoms with Crippen LogP contribution >= 0.6 is 0 Å². The quantitative estimate of drug-likeness (QED) is 0.917. The molecule has 0 radical (unpaired) electrons. The van der Waals surface area contributed by atoms with Gasteiger partial charge in [0, 0.05) is 26.2 Å². The van der Waals surface area contributed by atoms with Gasteiger partial charge in [0.15, 0.2) is 0 Å². The Morgan fingerprint density at radius 2 is 1.54 bits per heavy atom. The molecule has 2 aromatic rings. The largest absolute Gasteiger partial charge is 0.445 e. The summed E-state index contributed by atoms with van der Waals surface area (Å²) in [5.74, 6) is -0.482. The van der Waals surface area contributed by atoms with E-state index in [4.69, 9.17) is 4.74 Å². The van der Waals surface area contributed by atoms with E-state index in [2.05, 4.69) is 5.32 Å². The Labute approximate surface area is 151 Å². The normalized spacial score (nSPS) is 14.0. The Hall–Kier alpha value is -3.09. The first-order valence-electron chi connectivity index (χ1n) is 8.39. The third-order valence-corrected chi connectivity index (χ3v) is 4.15. The number of piperazine rings is 1. The lowest BCUT2D eigenvalue weighted by Gasteiger charge is -2.34. The van der Waals surface area contributed by atoms with E-state index in [0.717, 1.165) is 5.56 Å². The number of hydrogen-bond donors (Lipinski definition) is 1. The minimum Gasteiger partial charge on any atom is -0.445 e. The highest BCUT2D eigenvalue weighted by Gasteiger charge is 2.25. The first-order chi connectivity index (χ1) is 12.6. The zero-order valence-corrected chi connectivity index (χ0v) is 14.2. The van der Waals surface area contributed by atoms with Crippen LogP contribution in [0.4, 0.5) is 19.7 Å². The summed E-state index contributed by atoms with van der Waals surface area (Å²) in [4.78, 5) is 27.5. The molecule has 1 aliphatic heterocycles. The standard InChI is InChI=1S/C19H20FN3O3/c20-16-8-4-5-9-17(16)21-18(24)22-10-12-23(13-11-22)19(25)26-14-15-6-2-1-3-7-15/h1-9H,10-14H2,(H,21,24). The zero-order chi connectivity index (χ0) is 18.4. The summed E-state index contributed by atoms with van der Waals surface area (Å²) in [6.07, 6.45) is -0.400. The highest BCUT2D eigenvalue weighted by molar-refractivity contribution is 5.89. The molecule has 1 heterocycles. The number of rotatable bonds is 3. The molecule has 0 unspecified atom stereocenters. The van der Waals surface area contributed by atoms with Gasteiger partial charge in [-0.05, 0) is 17.7 Å². The van der Waals surface area contributed by atoms with E-state index >= 15 is 0 Å². The predicted octanol–water partition coefficient (Wildman–Crippen LogP) is 3.31. The second-order valence-electron chi connectivity index (χ2n) is 5.92. The number of anilines is 1. The van der Waals surface area contributed by atoms with Crippen molar-refractivity contribution in [2.45, 2.75) is 6.61 Å². The first-order valence-corrected chi connectivity index (χ1v) is 8.39. The van der Waals surface area contributed by atoms with Crippen molar-refractivity contribution in [2.24, 2.45) is 0 Å². The summed E-state index contributed by atoms with van der Waals surface area (Å²) in [5, 5.41) is 2.55. The molecule has 1 aliphatic rings. The van der Waals surface area contributed by atoms with Crippen LogP contribution in [-0.2, 0) is 11.3 Å². The summed E-state index contributed by atoms with van der Waals surface area (Å²) >= 11 is 0. The number of nitrogens with zero attached hydrogens (tertiary/aromatic N) is 2. The van der Waals surface area contributed by atoms with E-state index in [1.165, 1.54) is 12.1 Å². The fourth-order valence-electron chi connectivity index (χ4n) is 2.66. The summed E-state index contributed by atoms with van der Waals surface area (Å²) < 4.78 is 18.9. The van der Waals surface area contributed by atoms with Gasteiger partial charge in [0.05, 0.1) is 5.69 Å². The predicted molar refractivity (Wildman–Crippen MR) is 95.2 cm³/mol. The molecular weight excluding hydrogens is 337 g/mol. The highest BCUT2D eigenvalue weighted by Crippen LogP contribution is 2.14. The van der Waals surface area contributed by atoms with Crippen molar-refractivity contribution in [3.63, 3.8) is 0 Å². The van der Waals surface area contributed by atoms with Gasteiger partial charge in [-0.2, -0.15) is 0 Å². The number of urea groups is 1. The average molecular weight is 357 g/mol. The molecule has 136 valence electrons. The molecule has 26 heavy (non-hydrogen) atoms. The van der Waals surface area contributed by atoms with Crippen LogP contribution in [0.15, 0.2) is 54.6 Å². The minimum atomic E-state index is -0.482. The van der Waals surface area contributed by atoms with Crippen LogP contribution in [0.3, 0.4) is 0 Å². The number of benzene rings is 2. The maximum Gasteiger partial charge on any atom is 0.410 e. The smallest absolute Gasteiger partial charge is 0.410 e. The van der Waals surface area contributed by atoms with Crippen molar-refractivity contribution in [1.82, 2.24) is 9.80 Å². The molecule has 3 amide bonds. The SMILES string of the molecule is O=C(Nc1ccccc1F)N1CCN(C(=O)OCc2ccccc2)CC1. The Kier molecular flexibility index (Phi) is 5.68. The summed E-state index contributed by atoms with van der Waals surface area (Å²) in [6, 6.07) is 15.1. The second-order valence-corrected chi connectivity index (χ2v) is 5.92. The molecule has 0 bridgehead atoms. The number of para-hydroxylation sites is 1. The third kappa shape index (κ3) is 4.50. The minimum absolute atomic E-state index is 0.141. The van der Waals surface area contributed by atoms with Crippen LogP contribution < -0.4 is 5.32 Å². The van der Waals surface area contributed by atoms with Crippen LogP contribution in [0, 0.1) is 5.82 Å². The summed E-state index contributed by atoms with van der Waals surface area (Å²) in [7, 11) is 0. The fourth-order valence-corrected chi connectivity index (χ4v) is 2.66. The fraction of sp³-hybridized carbons (Fsp3) is 0.263. The maximum absolute atomic E-state index is 13.6. The molecule has 1 N–H and O–H groups in total. The van der Waals surface area contributed by atoms with Gasteiger partial charge in [0.1, 0.15) is 12.4 Å². The van der Waals surface area contributed by atoms with Gasteiger partial charge in [0.25, 0.3) is 0 Å². The van der Waals surface area contributed by atoms with Crippen LogP contribution in [0.1, 0.15) is 5.56 Å². The van der Waals surface area contributed by atoms with Crippen molar-refractivity contribution in [3.05, 3.63) is 66.0 Å². The molecular formula is C19H20FN3O3. The van der Waals surface area contributed by atoms with E-state index in [1.807, 2.05) is 30.3 Å². The molecule has 1 saturated heterocycles. The number of carbonyl (C=O) groups is 2. The molecule has 0 aromatic heterocycles. The Bertz CT molecular complexity index is 762. The van der Waals surface area contributed by atoms with Crippen molar-refractivity contribution in [2.75, 3.05) is 31.5 Å². The molecule has 0 atom stereocenters. The highest BCUT2D eigenvalue weighted by atomic mass is 19.1. The molecule has 1 fully saturated rings. The topological polar surface area (TPSA) is 61.9 Å². The van der Waals surface area contributed by atoms with Crippen LogP contribution in [0.5, 0.6) is 0 Å². The van der Waals surface area contributed by atoms with E-state index in [1.54, 1.807) is 21.9 Å². The maximum atomic E-state index is 13.6. The first kappa shape index (κ1) is 17.7. The van der Waals surface area contributed by atoms with Gasteiger partial charge in [-0.25, -0.2) is 14.0 Å². The molecule has 2 aromatic carbocycles. The Morgan fingerprint density at radius 1 is 0.923 bits per heavy atom. The van der Waals surface area contributed by atoms with Crippen LogP contribution in [-0.4, -0.2) is 48.1 Å². The molecule has 0 saturated carbocycles. The van der Waals surface area contributed by atoms with E-state index in [9.17, 15) is 14.0 Å². The van der Waals surface area contributed by atoms with Crippen molar-refractivity contribution in [3.8, 4) is 0 Å². The van der Waals surface area contributed by atoms with Crippen molar-refractivity contribution in [1.29, 1.82) is 0 Å². The molecule has 6 nitrogen and oxygen atoms in total. The average Bonchev–Trinajstić information content (AvgIpc) is 2.69. The summed E-state index contributed by atoms with van der Waals surface area (Å²) in [5.41, 5.74) is 1.06. The lowest BCUT2D eigenvalue weighted by Crippen LogP contribution is -2.51. The summed E-state index contributed by atoms with van der Waals surface area (Å²) in [6.45, 7) is 1.69. The molecule has 0 spiro atoms. The van der Waals surface area contributed by atoms with Crippen LogP contribution in [0.2, 0.25) is 0 Å². The Morgan fingerprint density at radius 3 is 2.23 bits per heavy atom. The van der Waals surface area contributed by atoms with Gasteiger partial charge in [-0.3, -0.25) is 0 Å². The lowest BCUT2D eigenvalue weighted by molar-refractivity contribution is 0.0782. The van der Waals surface area contributed by atoms with Gasteiger partial charge < -0.3 is 19.9 Å². The van der Waals surface area contributed by atoms with E-state index in [-0.39, 0.29) is 18.3 Å². The molecule has 3 rings (SSSR count).